The molecule has 0 N–H and O–H groups in total. The molecular formula is C20H23F3N2O3S. The van der Waals surface area contributed by atoms with Crippen molar-refractivity contribution in [1.82, 2.24) is 9.80 Å². The topological polar surface area (TPSA) is 49.9 Å². The molecule has 0 aliphatic carbocycles. The summed E-state index contributed by atoms with van der Waals surface area (Å²) >= 11 is 0. The van der Waals surface area contributed by atoms with E-state index in [2.05, 4.69) is 9.80 Å². The van der Waals surface area contributed by atoms with Gasteiger partial charge in [-0.05, 0) is 35.4 Å². The number of alkyl halides is 2. The molecule has 9 heteroatoms. The maximum atomic E-state index is 13.8. The Morgan fingerprint density at radius 2 is 1.45 bits per heavy atom. The van der Waals surface area contributed by atoms with Crippen LogP contribution in [0.15, 0.2) is 47.4 Å². The van der Waals surface area contributed by atoms with Gasteiger partial charge in [0.15, 0.2) is 11.6 Å². The quantitative estimate of drug-likeness (QED) is 0.678. The van der Waals surface area contributed by atoms with Crippen molar-refractivity contribution in [2.45, 2.75) is 23.7 Å². The number of sulfone groups is 1. The molecule has 158 valence electrons. The van der Waals surface area contributed by atoms with Crippen molar-refractivity contribution in [2.24, 2.45) is 0 Å². The summed E-state index contributed by atoms with van der Waals surface area (Å²) in [5.74, 6) is -3.56. The van der Waals surface area contributed by atoms with Gasteiger partial charge in [-0.15, -0.1) is 0 Å². The number of nitrogens with zero attached hydrogens (tertiary/aromatic N) is 2. The van der Waals surface area contributed by atoms with E-state index >= 15 is 0 Å². The van der Waals surface area contributed by atoms with Crippen LogP contribution in [-0.2, 0) is 22.9 Å². The van der Waals surface area contributed by atoms with E-state index in [0.29, 0.717) is 13.1 Å². The average Bonchev–Trinajstić information content (AvgIpc) is 2.70. The first kappa shape index (κ1) is 21.6. The van der Waals surface area contributed by atoms with E-state index in [-0.39, 0.29) is 16.5 Å². The molecule has 2 aromatic rings. The average molecular weight is 428 g/mol. The molecule has 5 nitrogen and oxygen atoms in total. The predicted molar refractivity (Wildman–Crippen MR) is 103 cm³/mol. The predicted octanol–water partition coefficient (Wildman–Crippen LogP) is 3.15. The first-order chi connectivity index (χ1) is 13.8. The molecule has 1 heterocycles. The van der Waals surface area contributed by atoms with Gasteiger partial charge in [0.1, 0.15) is 0 Å². The lowest BCUT2D eigenvalue weighted by molar-refractivity contribution is 0.122. The summed E-state index contributed by atoms with van der Waals surface area (Å²) in [7, 11) is -3.13. The lowest BCUT2D eigenvalue weighted by atomic mass is 10.1. The van der Waals surface area contributed by atoms with Crippen molar-refractivity contribution in [1.29, 1.82) is 0 Å². The van der Waals surface area contributed by atoms with E-state index in [1.165, 1.54) is 25.3 Å². The van der Waals surface area contributed by atoms with Crippen LogP contribution < -0.4 is 4.74 Å². The standard InChI is InChI=1S/C20H23F3N2O3S/c1-28-19-7-4-16(12-18(19)21)14-25-10-8-24(9-11-25)13-15-2-5-17(6-3-15)29(26,27)20(22)23/h2-7,12,20H,8-11,13-14H2,1H3. The van der Waals surface area contributed by atoms with E-state index in [1.54, 1.807) is 18.2 Å². The van der Waals surface area contributed by atoms with Gasteiger partial charge in [0, 0.05) is 39.3 Å². The number of halogens is 3. The third-order valence-electron chi connectivity index (χ3n) is 4.98. The first-order valence-corrected chi connectivity index (χ1v) is 10.7. The lowest BCUT2D eigenvalue weighted by Gasteiger charge is -2.34. The van der Waals surface area contributed by atoms with Crippen molar-refractivity contribution in [3.63, 3.8) is 0 Å². The molecule has 0 bridgehead atoms. The van der Waals surface area contributed by atoms with Gasteiger partial charge in [0.2, 0.25) is 9.84 Å². The molecule has 0 atom stereocenters. The van der Waals surface area contributed by atoms with Gasteiger partial charge in [-0.2, -0.15) is 8.78 Å². The van der Waals surface area contributed by atoms with Crippen LogP contribution in [0.1, 0.15) is 11.1 Å². The number of ether oxygens (including phenoxy) is 1. The molecule has 0 saturated carbocycles. The normalized spacial score (nSPS) is 16.3. The molecule has 1 aliphatic heterocycles. The summed E-state index contributed by atoms with van der Waals surface area (Å²) in [6, 6.07) is 10.6. The van der Waals surface area contributed by atoms with Crippen molar-refractivity contribution in [3.8, 4) is 5.75 Å². The Labute approximate surface area is 168 Å². The van der Waals surface area contributed by atoms with E-state index in [4.69, 9.17) is 4.74 Å². The van der Waals surface area contributed by atoms with Crippen LogP contribution >= 0.6 is 0 Å². The molecule has 0 aromatic heterocycles. The van der Waals surface area contributed by atoms with E-state index in [1.807, 2.05) is 6.07 Å². The second kappa shape index (κ2) is 9.15. The van der Waals surface area contributed by atoms with Crippen LogP contribution in [-0.4, -0.2) is 57.3 Å². The molecular weight excluding hydrogens is 405 g/mol. The third kappa shape index (κ3) is 5.29. The van der Waals surface area contributed by atoms with Crippen molar-refractivity contribution in [3.05, 3.63) is 59.4 Å². The van der Waals surface area contributed by atoms with Gasteiger partial charge >= 0.3 is 5.76 Å². The second-order valence-electron chi connectivity index (χ2n) is 6.97. The highest BCUT2D eigenvalue weighted by Crippen LogP contribution is 2.21. The van der Waals surface area contributed by atoms with Crippen LogP contribution in [0.2, 0.25) is 0 Å². The zero-order valence-electron chi connectivity index (χ0n) is 16.0. The van der Waals surface area contributed by atoms with Crippen LogP contribution in [0, 0.1) is 5.82 Å². The van der Waals surface area contributed by atoms with Gasteiger partial charge in [-0.3, -0.25) is 9.80 Å². The minimum atomic E-state index is -4.56. The number of benzene rings is 2. The monoisotopic (exact) mass is 428 g/mol. The van der Waals surface area contributed by atoms with Gasteiger partial charge in [-0.1, -0.05) is 18.2 Å². The van der Waals surface area contributed by atoms with Gasteiger partial charge in [0.25, 0.3) is 0 Å². The molecule has 0 amide bonds. The Hall–Kier alpha value is -2.10. The Balaban J connectivity index is 1.51. The van der Waals surface area contributed by atoms with E-state index in [0.717, 1.165) is 37.3 Å². The Morgan fingerprint density at radius 3 is 1.93 bits per heavy atom. The van der Waals surface area contributed by atoms with Crippen LogP contribution in [0.25, 0.3) is 0 Å². The molecule has 0 radical (unpaired) electrons. The highest BCUT2D eigenvalue weighted by molar-refractivity contribution is 7.91. The van der Waals surface area contributed by atoms with E-state index < -0.39 is 15.6 Å². The summed E-state index contributed by atoms with van der Waals surface area (Å²) in [4.78, 5) is 4.07. The number of hydrogen-bond donors (Lipinski definition) is 0. The van der Waals surface area contributed by atoms with Crippen LogP contribution in [0.3, 0.4) is 0 Å². The highest BCUT2D eigenvalue weighted by Gasteiger charge is 2.26. The highest BCUT2D eigenvalue weighted by atomic mass is 32.2. The number of methoxy groups -OCH3 is 1. The number of piperazine rings is 1. The number of hydrogen-bond acceptors (Lipinski definition) is 5. The second-order valence-corrected chi connectivity index (χ2v) is 8.89. The van der Waals surface area contributed by atoms with E-state index in [9.17, 15) is 21.6 Å². The van der Waals surface area contributed by atoms with Crippen molar-refractivity contribution < 1.29 is 26.3 Å². The summed E-state index contributed by atoms with van der Waals surface area (Å²) in [5.41, 5.74) is 1.75. The molecule has 1 saturated heterocycles. The number of rotatable bonds is 7. The summed E-state index contributed by atoms with van der Waals surface area (Å²) in [6.45, 7) is 4.48. The Bertz CT molecular complexity index is 928. The lowest BCUT2D eigenvalue weighted by Crippen LogP contribution is -2.45. The zero-order valence-corrected chi connectivity index (χ0v) is 16.8. The fourth-order valence-electron chi connectivity index (χ4n) is 3.32. The van der Waals surface area contributed by atoms with Crippen molar-refractivity contribution >= 4 is 9.84 Å². The van der Waals surface area contributed by atoms with Gasteiger partial charge in [-0.25, -0.2) is 12.8 Å². The minimum absolute atomic E-state index is 0.228. The van der Waals surface area contributed by atoms with Crippen molar-refractivity contribution in [2.75, 3.05) is 33.3 Å². The Morgan fingerprint density at radius 1 is 0.931 bits per heavy atom. The summed E-state index contributed by atoms with van der Waals surface area (Å²) in [6.07, 6.45) is 0. The van der Waals surface area contributed by atoms with Crippen LogP contribution in [0.4, 0.5) is 13.2 Å². The molecule has 3 rings (SSSR count). The summed E-state index contributed by atoms with van der Waals surface area (Å²) in [5, 5.41) is 0. The SMILES string of the molecule is COc1ccc(CN2CCN(Cc3ccc(S(=O)(=O)C(F)F)cc3)CC2)cc1F. The minimum Gasteiger partial charge on any atom is -0.494 e. The molecule has 29 heavy (non-hydrogen) atoms. The maximum Gasteiger partial charge on any atom is 0.341 e. The third-order valence-corrected chi connectivity index (χ3v) is 6.38. The fourth-order valence-corrected chi connectivity index (χ4v) is 4.04. The zero-order chi connectivity index (χ0) is 21.0. The van der Waals surface area contributed by atoms with Crippen LogP contribution in [0.5, 0.6) is 5.75 Å². The summed E-state index contributed by atoms with van der Waals surface area (Å²) < 4.78 is 66.9. The first-order valence-electron chi connectivity index (χ1n) is 9.17. The van der Waals surface area contributed by atoms with Gasteiger partial charge < -0.3 is 4.74 Å². The Kier molecular flexibility index (Phi) is 6.81. The fraction of sp³-hybridized carbons (Fsp3) is 0.400. The molecule has 0 unspecified atom stereocenters. The molecule has 1 aliphatic rings. The maximum absolute atomic E-state index is 13.8. The molecule has 2 aromatic carbocycles. The molecule has 1 fully saturated rings. The smallest absolute Gasteiger partial charge is 0.341 e. The largest absolute Gasteiger partial charge is 0.494 e. The molecule has 0 spiro atoms. The van der Waals surface area contributed by atoms with Gasteiger partial charge in [0.05, 0.1) is 12.0 Å².